The van der Waals surface area contributed by atoms with Gasteiger partial charge in [-0.05, 0) is 25.1 Å². The number of ether oxygens (including phenoxy) is 2. The van der Waals surface area contributed by atoms with Crippen LogP contribution in [0.25, 0.3) is 0 Å². The topological polar surface area (TPSA) is 79.9 Å². The summed E-state index contributed by atoms with van der Waals surface area (Å²) in [6.45, 7) is 5.60. The van der Waals surface area contributed by atoms with E-state index in [2.05, 4.69) is 10.6 Å². The number of anilines is 2. The summed E-state index contributed by atoms with van der Waals surface area (Å²) in [4.78, 5) is 25.4. The molecule has 2 amide bonds. The molecule has 2 rings (SSSR count). The van der Waals surface area contributed by atoms with E-state index in [1.165, 1.54) is 6.92 Å². The molecule has 0 spiro atoms. The van der Waals surface area contributed by atoms with E-state index in [1.807, 2.05) is 6.92 Å². The van der Waals surface area contributed by atoms with Crippen molar-refractivity contribution in [3.8, 4) is 5.75 Å². The summed E-state index contributed by atoms with van der Waals surface area (Å²) in [5.41, 5.74) is 1.31. The van der Waals surface area contributed by atoms with Crippen molar-refractivity contribution in [3.05, 3.63) is 18.2 Å². The van der Waals surface area contributed by atoms with Crippen LogP contribution in [0.4, 0.5) is 11.4 Å². The maximum Gasteiger partial charge on any atom is 0.244 e. The molecule has 0 bridgehead atoms. The van der Waals surface area contributed by atoms with Gasteiger partial charge in [0, 0.05) is 25.7 Å². The summed E-state index contributed by atoms with van der Waals surface area (Å²) >= 11 is 0. The van der Waals surface area contributed by atoms with Gasteiger partial charge in [-0.2, -0.15) is 0 Å². The van der Waals surface area contributed by atoms with E-state index in [4.69, 9.17) is 9.47 Å². The van der Waals surface area contributed by atoms with Crippen molar-refractivity contribution >= 4 is 23.2 Å². The first-order valence-corrected chi connectivity index (χ1v) is 7.60. The Balaban J connectivity index is 2.10. The van der Waals surface area contributed by atoms with Crippen molar-refractivity contribution in [3.63, 3.8) is 0 Å². The van der Waals surface area contributed by atoms with Gasteiger partial charge in [-0.3, -0.25) is 9.59 Å². The summed E-state index contributed by atoms with van der Waals surface area (Å²) in [6, 6.07) is 4.84. The molecule has 1 aliphatic heterocycles. The lowest BCUT2D eigenvalue weighted by molar-refractivity contribution is -0.135. The standard InChI is InChI=1S/C16H23N3O4/c1-11(16(21)19-6-8-23-9-7-19)17-14-10-13(18-12(2)20)4-5-15(14)22-3/h4-5,10-11,17H,6-9H2,1-3H3,(H,18,20)/t11-/m1/s1. The van der Waals surface area contributed by atoms with Gasteiger partial charge in [0.05, 0.1) is 26.0 Å². The number of amides is 2. The van der Waals surface area contributed by atoms with Gasteiger partial charge in [0.1, 0.15) is 11.8 Å². The number of morpholine rings is 1. The SMILES string of the molecule is COc1ccc(NC(C)=O)cc1N[C@H](C)C(=O)N1CCOCC1. The molecule has 0 aliphatic carbocycles. The van der Waals surface area contributed by atoms with Gasteiger partial charge in [0.25, 0.3) is 0 Å². The summed E-state index contributed by atoms with van der Waals surface area (Å²) in [5.74, 6) is 0.472. The first-order valence-electron chi connectivity index (χ1n) is 7.60. The molecule has 7 nitrogen and oxygen atoms in total. The third kappa shape index (κ3) is 4.59. The molecule has 7 heteroatoms. The fourth-order valence-corrected chi connectivity index (χ4v) is 2.45. The molecule has 0 aromatic heterocycles. The zero-order valence-corrected chi connectivity index (χ0v) is 13.7. The molecule has 1 aromatic rings. The largest absolute Gasteiger partial charge is 0.495 e. The van der Waals surface area contributed by atoms with Crippen molar-refractivity contribution in [2.75, 3.05) is 44.0 Å². The number of benzene rings is 1. The normalized spacial score (nSPS) is 15.7. The Bertz CT molecular complexity index is 570. The van der Waals surface area contributed by atoms with Crippen LogP contribution in [0.15, 0.2) is 18.2 Å². The second-order valence-electron chi connectivity index (χ2n) is 5.40. The second kappa shape index (κ2) is 7.82. The maximum absolute atomic E-state index is 12.5. The lowest BCUT2D eigenvalue weighted by atomic mass is 10.2. The molecule has 1 atom stereocenters. The molecule has 1 fully saturated rings. The molecule has 0 saturated carbocycles. The third-order valence-corrected chi connectivity index (χ3v) is 3.59. The van der Waals surface area contributed by atoms with Gasteiger partial charge in [-0.1, -0.05) is 0 Å². The average Bonchev–Trinajstić information content (AvgIpc) is 2.54. The van der Waals surface area contributed by atoms with Crippen LogP contribution < -0.4 is 15.4 Å². The van der Waals surface area contributed by atoms with Crippen molar-refractivity contribution in [1.29, 1.82) is 0 Å². The predicted molar refractivity (Wildman–Crippen MR) is 87.8 cm³/mol. The quantitative estimate of drug-likeness (QED) is 0.855. The van der Waals surface area contributed by atoms with Gasteiger partial charge >= 0.3 is 0 Å². The molecule has 1 saturated heterocycles. The minimum absolute atomic E-state index is 0.0142. The lowest BCUT2D eigenvalue weighted by Crippen LogP contribution is -2.47. The molecular weight excluding hydrogens is 298 g/mol. The molecule has 126 valence electrons. The monoisotopic (exact) mass is 321 g/mol. The van der Waals surface area contributed by atoms with E-state index in [0.29, 0.717) is 43.4 Å². The van der Waals surface area contributed by atoms with E-state index in [9.17, 15) is 9.59 Å². The molecule has 0 unspecified atom stereocenters. The Morgan fingerprint density at radius 1 is 1.30 bits per heavy atom. The molecular formula is C16H23N3O4. The van der Waals surface area contributed by atoms with Crippen molar-refractivity contribution in [2.24, 2.45) is 0 Å². The molecule has 1 aliphatic rings. The highest BCUT2D eigenvalue weighted by atomic mass is 16.5. The van der Waals surface area contributed by atoms with Crippen LogP contribution in [0, 0.1) is 0 Å². The first-order chi connectivity index (χ1) is 11.0. The van der Waals surface area contributed by atoms with E-state index in [1.54, 1.807) is 30.2 Å². The van der Waals surface area contributed by atoms with Crippen LogP contribution in [-0.4, -0.2) is 56.2 Å². The highest BCUT2D eigenvalue weighted by Crippen LogP contribution is 2.28. The zero-order chi connectivity index (χ0) is 16.8. The van der Waals surface area contributed by atoms with Gasteiger partial charge in [-0.15, -0.1) is 0 Å². The molecule has 23 heavy (non-hydrogen) atoms. The Kier molecular flexibility index (Phi) is 5.81. The molecule has 1 aromatic carbocycles. The Morgan fingerprint density at radius 3 is 2.61 bits per heavy atom. The second-order valence-corrected chi connectivity index (χ2v) is 5.40. The highest BCUT2D eigenvalue weighted by molar-refractivity contribution is 5.90. The molecule has 0 radical (unpaired) electrons. The van der Waals surface area contributed by atoms with Gasteiger partial charge < -0.3 is 25.0 Å². The maximum atomic E-state index is 12.5. The van der Waals surface area contributed by atoms with Crippen LogP contribution in [0.5, 0.6) is 5.75 Å². The predicted octanol–water partition coefficient (Wildman–Crippen LogP) is 1.31. The smallest absolute Gasteiger partial charge is 0.244 e. The number of rotatable bonds is 5. The van der Waals surface area contributed by atoms with Crippen molar-refractivity contribution in [2.45, 2.75) is 19.9 Å². The van der Waals surface area contributed by atoms with E-state index in [-0.39, 0.29) is 11.8 Å². The van der Waals surface area contributed by atoms with Gasteiger partial charge in [-0.25, -0.2) is 0 Å². The Hall–Kier alpha value is -2.28. The number of hydrogen-bond acceptors (Lipinski definition) is 5. The Labute approximate surface area is 135 Å². The molecule has 1 heterocycles. The van der Waals surface area contributed by atoms with Crippen LogP contribution in [0.3, 0.4) is 0 Å². The number of carbonyl (C=O) groups excluding carboxylic acids is 2. The number of carbonyl (C=O) groups is 2. The first kappa shape index (κ1) is 17.1. The van der Waals surface area contributed by atoms with Crippen LogP contribution in [0.2, 0.25) is 0 Å². The van der Waals surface area contributed by atoms with Crippen LogP contribution in [-0.2, 0) is 14.3 Å². The fraction of sp³-hybridized carbons (Fsp3) is 0.500. The van der Waals surface area contributed by atoms with Crippen LogP contribution >= 0.6 is 0 Å². The number of hydrogen-bond donors (Lipinski definition) is 2. The third-order valence-electron chi connectivity index (χ3n) is 3.59. The van der Waals surface area contributed by atoms with Crippen molar-refractivity contribution < 1.29 is 19.1 Å². The minimum atomic E-state index is -0.408. The summed E-state index contributed by atoms with van der Waals surface area (Å²) in [7, 11) is 1.56. The number of nitrogens with one attached hydrogen (secondary N) is 2. The summed E-state index contributed by atoms with van der Waals surface area (Å²) < 4.78 is 10.6. The average molecular weight is 321 g/mol. The number of methoxy groups -OCH3 is 1. The fourth-order valence-electron chi connectivity index (χ4n) is 2.45. The van der Waals surface area contributed by atoms with Crippen molar-refractivity contribution in [1.82, 2.24) is 4.90 Å². The Morgan fingerprint density at radius 2 is 2.00 bits per heavy atom. The summed E-state index contributed by atoms with van der Waals surface area (Å²) in [5, 5.41) is 5.88. The minimum Gasteiger partial charge on any atom is -0.495 e. The van der Waals surface area contributed by atoms with Gasteiger partial charge in [0.2, 0.25) is 11.8 Å². The highest BCUT2D eigenvalue weighted by Gasteiger charge is 2.23. The lowest BCUT2D eigenvalue weighted by Gasteiger charge is -2.30. The molecule has 2 N–H and O–H groups in total. The van der Waals surface area contributed by atoms with E-state index in [0.717, 1.165) is 0 Å². The van der Waals surface area contributed by atoms with Crippen LogP contribution in [0.1, 0.15) is 13.8 Å². The van der Waals surface area contributed by atoms with E-state index >= 15 is 0 Å². The van der Waals surface area contributed by atoms with Gasteiger partial charge in [0.15, 0.2) is 0 Å². The number of nitrogens with zero attached hydrogens (tertiary/aromatic N) is 1. The van der Waals surface area contributed by atoms with E-state index < -0.39 is 6.04 Å². The summed E-state index contributed by atoms with van der Waals surface area (Å²) in [6.07, 6.45) is 0. The zero-order valence-electron chi connectivity index (χ0n) is 13.7.